The van der Waals surface area contributed by atoms with Gasteiger partial charge in [-0.25, -0.2) is 0 Å². The lowest BCUT2D eigenvalue weighted by atomic mass is 9.85. The molecule has 2 aliphatic heterocycles. The number of carbonyl (C=O) groups excluding carboxylic acids is 2. The van der Waals surface area contributed by atoms with E-state index in [1.165, 1.54) is 0 Å². The lowest BCUT2D eigenvalue weighted by Gasteiger charge is -2.37. The summed E-state index contributed by atoms with van der Waals surface area (Å²) in [5.74, 6) is -1.18. The number of aliphatic carboxylic acids is 1. The predicted molar refractivity (Wildman–Crippen MR) is 96.6 cm³/mol. The first-order valence-corrected chi connectivity index (χ1v) is 8.98. The summed E-state index contributed by atoms with van der Waals surface area (Å²) in [5.41, 5.74) is -0.0972. The Morgan fingerprint density at radius 2 is 1.96 bits per heavy atom. The maximum absolute atomic E-state index is 12.8. The Bertz CT molecular complexity index is 711. The zero-order valence-corrected chi connectivity index (χ0v) is 15.3. The normalized spacial score (nSPS) is 21.7. The fourth-order valence-electron chi connectivity index (χ4n) is 3.66. The van der Waals surface area contributed by atoms with Gasteiger partial charge < -0.3 is 24.8 Å². The summed E-state index contributed by atoms with van der Waals surface area (Å²) in [7, 11) is 1.57. The summed E-state index contributed by atoms with van der Waals surface area (Å²) in [6.07, 6.45) is 0.865. The third-order valence-electron chi connectivity index (χ3n) is 5.21. The first kappa shape index (κ1) is 19.2. The van der Waals surface area contributed by atoms with Crippen molar-refractivity contribution in [3.8, 4) is 5.75 Å². The van der Waals surface area contributed by atoms with Crippen molar-refractivity contribution in [3.63, 3.8) is 0 Å². The average Bonchev–Trinajstić information content (AvgIpc) is 3.04. The van der Waals surface area contributed by atoms with E-state index < -0.39 is 17.4 Å². The second-order valence-electron chi connectivity index (χ2n) is 7.06. The SMILES string of the molecule is COc1ccc(N2CC(C(=O)NC3(CC(=O)O)CCOCC3)CC2=O)cc1. The quantitative estimate of drug-likeness (QED) is 0.773. The molecule has 0 spiro atoms. The van der Waals surface area contributed by atoms with Crippen LogP contribution in [0.5, 0.6) is 5.75 Å². The van der Waals surface area contributed by atoms with Crippen LogP contribution in [0.1, 0.15) is 25.7 Å². The van der Waals surface area contributed by atoms with Crippen molar-refractivity contribution >= 4 is 23.5 Å². The van der Waals surface area contributed by atoms with Crippen LogP contribution in [0.2, 0.25) is 0 Å². The van der Waals surface area contributed by atoms with Crippen molar-refractivity contribution in [2.24, 2.45) is 5.92 Å². The highest BCUT2D eigenvalue weighted by Gasteiger charge is 2.41. The Labute approximate surface area is 157 Å². The van der Waals surface area contributed by atoms with E-state index >= 15 is 0 Å². The molecule has 1 aromatic carbocycles. The smallest absolute Gasteiger partial charge is 0.305 e. The summed E-state index contributed by atoms with van der Waals surface area (Å²) < 4.78 is 10.4. The number of carbonyl (C=O) groups is 3. The number of carboxylic acids is 1. The maximum atomic E-state index is 12.8. The molecular weight excluding hydrogens is 352 g/mol. The van der Waals surface area contributed by atoms with Gasteiger partial charge in [0.15, 0.2) is 0 Å². The van der Waals surface area contributed by atoms with Crippen molar-refractivity contribution in [2.75, 3.05) is 31.8 Å². The van der Waals surface area contributed by atoms with Crippen molar-refractivity contribution in [2.45, 2.75) is 31.2 Å². The molecular formula is C19H24N2O6. The summed E-state index contributed by atoms with van der Waals surface area (Å²) in [5, 5.41) is 12.1. The van der Waals surface area contributed by atoms with Gasteiger partial charge in [-0.05, 0) is 37.1 Å². The Morgan fingerprint density at radius 3 is 2.56 bits per heavy atom. The zero-order valence-electron chi connectivity index (χ0n) is 15.3. The third kappa shape index (κ3) is 4.39. The Kier molecular flexibility index (Phi) is 5.65. The van der Waals surface area contributed by atoms with E-state index in [0.717, 1.165) is 0 Å². The number of rotatable bonds is 6. The van der Waals surface area contributed by atoms with Crippen LogP contribution in [-0.2, 0) is 19.1 Å². The predicted octanol–water partition coefficient (Wildman–Crippen LogP) is 1.19. The van der Waals surface area contributed by atoms with Crippen LogP contribution < -0.4 is 15.0 Å². The Balaban J connectivity index is 1.68. The van der Waals surface area contributed by atoms with E-state index in [1.807, 2.05) is 0 Å². The van der Waals surface area contributed by atoms with Crippen molar-refractivity contribution in [1.29, 1.82) is 0 Å². The summed E-state index contributed by atoms with van der Waals surface area (Å²) >= 11 is 0. The van der Waals surface area contributed by atoms with Gasteiger partial charge in [0, 0.05) is 31.9 Å². The minimum Gasteiger partial charge on any atom is -0.497 e. The summed E-state index contributed by atoms with van der Waals surface area (Å²) in [6.45, 7) is 1.10. The van der Waals surface area contributed by atoms with Crippen LogP contribution in [-0.4, -0.2) is 55.3 Å². The van der Waals surface area contributed by atoms with Crippen LogP contribution in [0.15, 0.2) is 24.3 Å². The molecule has 2 aliphatic rings. The van der Waals surface area contributed by atoms with E-state index in [2.05, 4.69) is 5.32 Å². The second-order valence-corrected chi connectivity index (χ2v) is 7.06. The fourth-order valence-corrected chi connectivity index (χ4v) is 3.66. The molecule has 2 heterocycles. The number of hydrogen-bond donors (Lipinski definition) is 2. The highest BCUT2D eigenvalue weighted by molar-refractivity contribution is 6.00. The van der Waals surface area contributed by atoms with Gasteiger partial charge in [-0.15, -0.1) is 0 Å². The van der Waals surface area contributed by atoms with Gasteiger partial charge in [-0.3, -0.25) is 14.4 Å². The van der Waals surface area contributed by atoms with Gasteiger partial charge in [0.25, 0.3) is 0 Å². The fraction of sp³-hybridized carbons (Fsp3) is 0.526. The van der Waals surface area contributed by atoms with Crippen LogP contribution >= 0.6 is 0 Å². The molecule has 146 valence electrons. The number of amides is 2. The van der Waals surface area contributed by atoms with Crippen LogP contribution in [0.3, 0.4) is 0 Å². The number of ether oxygens (including phenoxy) is 2. The molecule has 0 aromatic heterocycles. The number of nitrogens with zero attached hydrogens (tertiary/aromatic N) is 1. The number of benzene rings is 1. The van der Waals surface area contributed by atoms with Gasteiger partial charge in [-0.1, -0.05) is 0 Å². The largest absolute Gasteiger partial charge is 0.497 e. The van der Waals surface area contributed by atoms with Crippen molar-refractivity contribution in [1.82, 2.24) is 5.32 Å². The molecule has 3 rings (SSSR count). The molecule has 0 bridgehead atoms. The van der Waals surface area contributed by atoms with Crippen molar-refractivity contribution < 1.29 is 29.0 Å². The van der Waals surface area contributed by atoms with E-state index in [0.29, 0.717) is 37.5 Å². The van der Waals surface area contributed by atoms with Crippen LogP contribution in [0.25, 0.3) is 0 Å². The van der Waals surface area contributed by atoms with E-state index in [4.69, 9.17) is 9.47 Å². The number of nitrogens with one attached hydrogen (secondary N) is 1. The first-order chi connectivity index (χ1) is 12.9. The molecule has 0 saturated carbocycles. The minimum atomic E-state index is -0.959. The number of hydrogen-bond acceptors (Lipinski definition) is 5. The highest BCUT2D eigenvalue weighted by Crippen LogP contribution is 2.29. The summed E-state index contributed by atoms with van der Waals surface area (Å²) in [4.78, 5) is 38.0. The van der Waals surface area contributed by atoms with E-state index in [-0.39, 0.29) is 31.2 Å². The average molecular weight is 376 g/mol. The molecule has 0 radical (unpaired) electrons. The Hall–Kier alpha value is -2.61. The molecule has 1 atom stereocenters. The molecule has 8 nitrogen and oxygen atoms in total. The number of methoxy groups -OCH3 is 1. The van der Waals surface area contributed by atoms with Gasteiger partial charge in [0.2, 0.25) is 11.8 Å². The molecule has 2 saturated heterocycles. The lowest BCUT2D eigenvalue weighted by molar-refractivity contribution is -0.141. The van der Waals surface area contributed by atoms with Gasteiger partial charge in [0.1, 0.15) is 5.75 Å². The van der Waals surface area contributed by atoms with Crippen LogP contribution in [0, 0.1) is 5.92 Å². The number of anilines is 1. The Morgan fingerprint density at radius 1 is 1.30 bits per heavy atom. The zero-order chi connectivity index (χ0) is 19.4. The minimum absolute atomic E-state index is 0.109. The highest BCUT2D eigenvalue weighted by atomic mass is 16.5. The molecule has 2 fully saturated rings. The monoisotopic (exact) mass is 376 g/mol. The van der Waals surface area contributed by atoms with Crippen molar-refractivity contribution in [3.05, 3.63) is 24.3 Å². The maximum Gasteiger partial charge on any atom is 0.305 e. The standard InChI is InChI=1S/C19H24N2O6/c1-26-15-4-2-14(3-5-15)21-12-13(10-16(21)22)18(25)20-19(11-17(23)24)6-8-27-9-7-19/h2-5,13H,6-12H2,1H3,(H,20,25)(H,23,24). The van der Waals surface area contributed by atoms with E-state index in [9.17, 15) is 19.5 Å². The third-order valence-corrected chi connectivity index (χ3v) is 5.21. The van der Waals surface area contributed by atoms with Crippen LogP contribution in [0.4, 0.5) is 5.69 Å². The molecule has 0 aliphatic carbocycles. The summed E-state index contributed by atoms with van der Waals surface area (Å²) in [6, 6.07) is 7.09. The molecule has 27 heavy (non-hydrogen) atoms. The molecule has 1 unspecified atom stereocenters. The molecule has 8 heteroatoms. The molecule has 2 amide bonds. The lowest BCUT2D eigenvalue weighted by Crippen LogP contribution is -2.54. The number of carboxylic acid groups (broad SMARTS) is 1. The van der Waals surface area contributed by atoms with Gasteiger partial charge in [-0.2, -0.15) is 0 Å². The van der Waals surface area contributed by atoms with E-state index in [1.54, 1.807) is 36.3 Å². The van der Waals surface area contributed by atoms with Gasteiger partial charge >= 0.3 is 5.97 Å². The molecule has 2 N–H and O–H groups in total. The second kappa shape index (κ2) is 7.96. The first-order valence-electron chi connectivity index (χ1n) is 8.98. The van der Waals surface area contributed by atoms with Gasteiger partial charge in [0.05, 0.1) is 25.0 Å². The molecule has 1 aromatic rings. The topological polar surface area (TPSA) is 105 Å².